The van der Waals surface area contributed by atoms with Crippen LogP contribution in [0.25, 0.3) is 0 Å². The Balaban J connectivity index is 3.51. The lowest BCUT2D eigenvalue weighted by Gasteiger charge is -2.14. The first-order valence-corrected chi connectivity index (χ1v) is 4.96. The van der Waals surface area contributed by atoms with Gasteiger partial charge in [0, 0.05) is 5.56 Å². The standard InChI is InChI=1S/C10H11BrO4/c1-5-6(10(12)13)4-7(11)9(15-3)8(5)14-2/h4H,1-3H3,(H,12,13). The van der Waals surface area contributed by atoms with Crippen LogP contribution in [0.4, 0.5) is 0 Å². The van der Waals surface area contributed by atoms with Crippen molar-refractivity contribution in [3.63, 3.8) is 0 Å². The van der Waals surface area contributed by atoms with Crippen molar-refractivity contribution in [2.24, 2.45) is 0 Å². The van der Waals surface area contributed by atoms with Crippen LogP contribution in [0.1, 0.15) is 15.9 Å². The second-order valence-electron chi connectivity index (χ2n) is 2.90. The molecule has 0 aliphatic carbocycles. The van der Waals surface area contributed by atoms with Crippen molar-refractivity contribution in [2.75, 3.05) is 14.2 Å². The van der Waals surface area contributed by atoms with Gasteiger partial charge in [0.05, 0.1) is 24.3 Å². The first kappa shape index (κ1) is 11.8. The summed E-state index contributed by atoms with van der Waals surface area (Å²) in [5, 5.41) is 8.96. The van der Waals surface area contributed by atoms with Crippen molar-refractivity contribution in [1.82, 2.24) is 0 Å². The molecule has 1 aromatic carbocycles. The van der Waals surface area contributed by atoms with Gasteiger partial charge in [0.15, 0.2) is 11.5 Å². The zero-order valence-corrected chi connectivity index (χ0v) is 10.2. The van der Waals surface area contributed by atoms with Gasteiger partial charge >= 0.3 is 5.97 Å². The summed E-state index contributed by atoms with van der Waals surface area (Å²) in [7, 11) is 2.98. The second kappa shape index (κ2) is 4.53. The van der Waals surface area contributed by atoms with Crippen molar-refractivity contribution in [2.45, 2.75) is 6.92 Å². The van der Waals surface area contributed by atoms with Crippen molar-refractivity contribution in [3.8, 4) is 11.5 Å². The van der Waals surface area contributed by atoms with E-state index in [1.165, 1.54) is 20.3 Å². The molecule has 1 aromatic rings. The highest BCUT2D eigenvalue weighted by atomic mass is 79.9. The molecule has 0 saturated carbocycles. The quantitative estimate of drug-likeness (QED) is 0.920. The molecule has 0 bridgehead atoms. The molecule has 5 heteroatoms. The highest BCUT2D eigenvalue weighted by molar-refractivity contribution is 9.10. The van der Waals surface area contributed by atoms with E-state index in [0.29, 0.717) is 21.5 Å². The van der Waals surface area contributed by atoms with E-state index in [4.69, 9.17) is 14.6 Å². The van der Waals surface area contributed by atoms with Crippen molar-refractivity contribution < 1.29 is 19.4 Å². The molecule has 0 radical (unpaired) electrons. The van der Waals surface area contributed by atoms with E-state index in [-0.39, 0.29) is 5.56 Å². The zero-order valence-electron chi connectivity index (χ0n) is 8.63. The van der Waals surface area contributed by atoms with Gasteiger partial charge in [-0.15, -0.1) is 0 Å². The zero-order chi connectivity index (χ0) is 11.6. The smallest absolute Gasteiger partial charge is 0.336 e. The van der Waals surface area contributed by atoms with E-state index in [1.54, 1.807) is 6.92 Å². The van der Waals surface area contributed by atoms with E-state index in [0.717, 1.165) is 0 Å². The number of carboxylic acid groups (broad SMARTS) is 1. The molecule has 0 atom stereocenters. The first-order chi connectivity index (χ1) is 7.02. The first-order valence-electron chi connectivity index (χ1n) is 4.17. The van der Waals surface area contributed by atoms with Crippen LogP contribution >= 0.6 is 15.9 Å². The SMILES string of the molecule is COc1c(Br)cc(C(=O)O)c(C)c1OC. The van der Waals surface area contributed by atoms with Gasteiger partial charge in [-0.2, -0.15) is 0 Å². The molecule has 0 aliphatic rings. The van der Waals surface area contributed by atoms with E-state index >= 15 is 0 Å². The Bertz CT molecular complexity index is 401. The number of aromatic carboxylic acids is 1. The molecule has 0 saturated heterocycles. The molecule has 0 amide bonds. The van der Waals surface area contributed by atoms with Gasteiger partial charge in [-0.25, -0.2) is 4.79 Å². The summed E-state index contributed by atoms with van der Waals surface area (Å²) in [4.78, 5) is 10.9. The Morgan fingerprint density at radius 3 is 2.27 bits per heavy atom. The fourth-order valence-corrected chi connectivity index (χ4v) is 1.93. The molecule has 0 fully saturated rings. The summed E-state index contributed by atoms with van der Waals surface area (Å²) in [6.45, 7) is 1.68. The molecular formula is C10H11BrO4. The summed E-state index contributed by atoms with van der Waals surface area (Å²) < 4.78 is 10.8. The number of hydrogen-bond donors (Lipinski definition) is 1. The van der Waals surface area contributed by atoms with Gasteiger partial charge in [0.1, 0.15) is 0 Å². The van der Waals surface area contributed by atoms with Crippen LogP contribution < -0.4 is 9.47 Å². The molecule has 1 N–H and O–H groups in total. The van der Waals surface area contributed by atoms with Crippen molar-refractivity contribution in [1.29, 1.82) is 0 Å². The highest BCUT2D eigenvalue weighted by Crippen LogP contribution is 2.39. The highest BCUT2D eigenvalue weighted by Gasteiger charge is 2.18. The van der Waals surface area contributed by atoms with Gasteiger partial charge in [-0.3, -0.25) is 0 Å². The third kappa shape index (κ3) is 2.07. The minimum atomic E-state index is -0.992. The fourth-order valence-electron chi connectivity index (χ4n) is 1.36. The minimum absolute atomic E-state index is 0.194. The number of ether oxygens (including phenoxy) is 2. The lowest BCUT2D eigenvalue weighted by molar-refractivity contribution is 0.0695. The number of carboxylic acids is 1. The normalized spacial score (nSPS) is 9.87. The monoisotopic (exact) mass is 274 g/mol. The number of rotatable bonds is 3. The summed E-state index contributed by atoms with van der Waals surface area (Å²) in [5.41, 5.74) is 0.740. The number of methoxy groups -OCH3 is 2. The number of halogens is 1. The molecule has 0 aliphatic heterocycles. The maximum absolute atomic E-state index is 10.9. The van der Waals surface area contributed by atoms with Gasteiger partial charge < -0.3 is 14.6 Å². The molecule has 82 valence electrons. The third-order valence-corrected chi connectivity index (χ3v) is 2.67. The van der Waals surface area contributed by atoms with E-state index in [2.05, 4.69) is 15.9 Å². The average Bonchev–Trinajstić information content (AvgIpc) is 2.19. The van der Waals surface area contributed by atoms with Crippen LogP contribution in [0.15, 0.2) is 10.5 Å². The average molecular weight is 275 g/mol. The topological polar surface area (TPSA) is 55.8 Å². The molecule has 15 heavy (non-hydrogen) atoms. The molecular weight excluding hydrogens is 264 g/mol. The van der Waals surface area contributed by atoms with Gasteiger partial charge in [-0.05, 0) is 28.9 Å². The molecule has 0 aromatic heterocycles. The molecule has 0 unspecified atom stereocenters. The Labute approximate surface area is 95.9 Å². The lowest BCUT2D eigenvalue weighted by Crippen LogP contribution is -2.03. The summed E-state index contributed by atoms with van der Waals surface area (Å²) in [5.74, 6) is -0.0570. The third-order valence-electron chi connectivity index (χ3n) is 2.08. The Morgan fingerprint density at radius 2 is 1.87 bits per heavy atom. The predicted octanol–water partition coefficient (Wildman–Crippen LogP) is 2.47. The lowest BCUT2D eigenvalue weighted by atomic mass is 10.1. The Morgan fingerprint density at radius 1 is 1.33 bits per heavy atom. The van der Waals surface area contributed by atoms with Gasteiger partial charge in [0.25, 0.3) is 0 Å². The van der Waals surface area contributed by atoms with E-state index in [1.807, 2.05) is 0 Å². The minimum Gasteiger partial charge on any atom is -0.493 e. The number of carbonyl (C=O) groups is 1. The maximum Gasteiger partial charge on any atom is 0.336 e. The number of benzene rings is 1. The Kier molecular flexibility index (Phi) is 3.57. The van der Waals surface area contributed by atoms with Gasteiger partial charge in [-0.1, -0.05) is 0 Å². The summed E-state index contributed by atoms with van der Waals surface area (Å²) >= 11 is 3.23. The summed E-state index contributed by atoms with van der Waals surface area (Å²) in [6, 6.07) is 1.50. The maximum atomic E-state index is 10.9. The van der Waals surface area contributed by atoms with Crippen LogP contribution in [0, 0.1) is 6.92 Å². The van der Waals surface area contributed by atoms with Crippen molar-refractivity contribution >= 4 is 21.9 Å². The Hall–Kier alpha value is -1.23. The fraction of sp³-hybridized carbons (Fsp3) is 0.300. The van der Waals surface area contributed by atoms with Crippen LogP contribution in [0.5, 0.6) is 11.5 Å². The van der Waals surface area contributed by atoms with Crippen LogP contribution in [-0.2, 0) is 0 Å². The predicted molar refractivity (Wildman–Crippen MR) is 58.9 cm³/mol. The molecule has 0 heterocycles. The van der Waals surface area contributed by atoms with Crippen LogP contribution in [0.2, 0.25) is 0 Å². The number of hydrogen-bond acceptors (Lipinski definition) is 3. The molecule has 1 rings (SSSR count). The second-order valence-corrected chi connectivity index (χ2v) is 3.76. The largest absolute Gasteiger partial charge is 0.493 e. The van der Waals surface area contributed by atoms with Crippen LogP contribution in [-0.4, -0.2) is 25.3 Å². The molecule has 0 spiro atoms. The van der Waals surface area contributed by atoms with Crippen molar-refractivity contribution in [3.05, 3.63) is 21.7 Å². The van der Waals surface area contributed by atoms with Gasteiger partial charge in [0.2, 0.25) is 0 Å². The van der Waals surface area contributed by atoms with Crippen LogP contribution in [0.3, 0.4) is 0 Å². The summed E-state index contributed by atoms with van der Waals surface area (Å²) in [6.07, 6.45) is 0. The van der Waals surface area contributed by atoms with E-state index < -0.39 is 5.97 Å². The molecule has 4 nitrogen and oxygen atoms in total. The van der Waals surface area contributed by atoms with E-state index in [9.17, 15) is 4.79 Å².